The molecule has 0 bridgehead atoms. The van der Waals surface area contributed by atoms with Crippen molar-refractivity contribution in [3.05, 3.63) is 39.4 Å². The van der Waals surface area contributed by atoms with Gasteiger partial charge in [-0.15, -0.1) is 0 Å². The Morgan fingerprint density at radius 2 is 2.14 bits per heavy atom. The van der Waals surface area contributed by atoms with Crippen LogP contribution < -0.4 is 21.1 Å². The molecule has 4 heterocycles. The van der Waals surface area contributed by atoms with Crippen LogP contribution in [-0.2, 0) is 13.5 Å². The van der Waals surface area contributed by atoms with Crippen molar-refractivity contribution in [3.63, 3.8) is 0 Å². The number of aromatic nitrogens is 4. The van der Waals surface area contributed by atoms with Crippen LogP contribution >= 0.6 is 11.6 Å². The number of imidazole rings is 1. The summed E-state index contributed by atoms with van der Waals surface area (Å²) in [7, 11) is 1.76. The van der Waals surface area contributed by atoms with Gasteiger partial charge in [-0.3, -0.25) is 9.13 Å². The maximum atomic E-state index is 12.8. The number of ether oxygens (including phenoxy) is 1. The van der Waals surface area contributed by atoms with E-state index in [2.05, 4.69) is 20.6 Å². The molecule has 0 aliphatic carbocycles. The van der Waals surface area contributed by atoms with E-state index in [1.165, 1.54) is 0 Å². The summed E-state index contributed by atoms with van der Waals surface area (Å²) in [4.78, 5) is 21.9. The third kappa shape index (κ3) is 2.84. The lowest BCUT2D eigenvalue weighted by molar-refractivity contribution is 0.357. The van der Waals surface area contributed by atoms with E-state index in [4.69, 9.17) is 16.3 Å². The van der Waals surface area contributed by atoms with Gasteiger partial charge in [-0.25, -0.2) is 9.78 Å². The van der Waals surface area contributed by atoms with Crippen molar-refractivity contribution < 1.29 is 4.74 Å². The number of fused-ring (bicyclic) bond motifs is 2. The molecule has 5 rings (SSSR count). The largest absolute Gasteiger partial charge is 0.493 e. The fourth-order valence-corrected chi connectivity index (χ4v) is 4.21. The predicted octanol–water partition coefficient (Wildman–Crippen LogP) is 2.39. The smallest absolute Gasteiger partial charge is 0.330 e. The zero-order chi connectivity index (χ0) is 19.3. The average Bonchev–Trinajstić information content (AvgIpc) is 3.25. The molecule has 8 nitrogen and oxygen atoms in total. The maximum absolute atomic E-state index is 12.8. The average molecular weight is 401 g/mol. The maximum Gasteiger partial charge on any atom is 0.330 e. The van der Waals surface area contributed by atoms with Crippen LogP contribution in [0.5, 0.6) is 5.75 Å². The van der Waals surface area contributed by atoms with Crippen LogP contribution in [0.1, 0.15) is 24.4 Å². The van der Waals surface area contributed by atoms with E-state index in [1.807, 2.05) is 12.1 Å². The van der Waals surface area contributed by atoms with Crippen LogP contribution in [0.3, 0.4) is 0 Å². The van der Waals surface area contributed by atoms with Gasteiger partial charge in [0.05, 0.1) is 23.5 Å². The number of aryl methyl sites for hydroxylation is 1. The van der Waals surface area contributed by atoms with Gasteiger partial charge in [0.1, 0.15) is 11.3 Å². The molecule has 2 N–H and O–H groups in total. The minimum absolute atomic E-state index is 0.0546. The minimum Gasteiger partial charge on any atom is -0.493 e. The lowest BCUT2D eigenvalue weighted by Crippen LogP contribution is -2.34. The van der Waals surface area contributed by atoms with E-state index >= 15 is 0 Å². The summed E-state index contributed by atoms with van der Waals surface area (Å²) in [6, 6.07) is 3.93. The molecule has 0 radical (unpaired) electrons. The summed E-state index contributed by atoms with van der Waals surface area (Å²) >= 11 is 6.39. The van der Waals surface area contributed by atoms with Gasteiger partial charge in [-0.2, -0.15) is 4.98 Å². The quantitative estimate of drug-likeness (QED) is 0.702. The Kier molecular flexibility index (Phi) is 4.25. The molecule has 0 amide bonds. The third-order valence-corrected chi connectivity index (χ3v) is 5.84. The summed E-state index contributed by atoms with van der Waals surface area (Å²) in [6.45, 7) is 2.47. The highest BCUT2D eigenvalue weighted by molar-refractivity contribution is 6.33. The van der Waals surface area contributed by atoms with Crippen molar-refractivity contribution in [2.75, 3.05) is 25.0 Å². The number of nitrogens with zero attached hydrogens (tertiary/aromatic N) is 4. The van der Waals surface area contributed by atoms with Gasteiger partial charge in [0.15, 0.2) is 5.65 Å². The summed E-state index contributed by atoms with van der Waals surface area (Å²) in [6.07, 6.45) is 4.36. The highest BCUT2D eigenvalue weighted by Crippen LogP contribution is 2.35. The number of benzene rings is 1. The lowest BCUT2D eigenvalue weighted by Gasteiger charge is -2.23. The lowest BCUT2D eigenvalue weighted by atomic mass is 10.1. The van der Waals surface area contributed by atoms with Gasteiger partial charge in [-0.1, -0.05) is 11.6 Å². The van der Waals surface area contributed by atoms with Crippen molar-refractivity contribution in [3.8, 4) is 5.75 Å². The molecule has 3 aromatic rings. The molecular formula is C19H21ClN6O2. The first kappa shape index (κ1) is 17.5. The fourth-order valence-electron chi connectivity index (χ4n) is 4.01. The van der Waals surface area contributed by atoms with E-state index in [0.29, 0.717) is 23.2 Å². The predicted molar refractivity (Wildman–Crippen MR) is 108 cm³/mol. The molecule has 28 heavy (non-hydrogen) atoms. The summed E-state index contributed by atoms with van der Waals surface area (Å²) in [5.41, 5.74) is 3.16. The van der Waals surface area contributed by atoms with Crippen LogP contribution in [0.2, 0.25) is 5.02 Å². The Morgan fingerprint density at radius 1 is 1.32 bits per heavy atom. The van der Waals surface area contributed by atoms with E-state index in [-0.39, 0.29) is 11.7 Å². The molecule has 2 aliphatic heterocycles. The molecule has 0 spiro atoms. The van der Waals surface area contributed by atoms with E-state index in [1.54, 1.807) is 22.4 Å². The van der Waals surface area contributed by atoms with Gasteiger partial charge in [0.25, 0.3) is 0 Å². The number of hydrogen-bond acceptors (Lipinski definition) is 6. The van der Waals surface area contributed by atoms with Crippen molar-refractivity contribution in [1.29, 1.82) is 0 Å². The molecule has 2 aliphatic rings. The standard InChI is InChI=1S/C19H21ClN6O2/c1-25-15-10-22-18(23-14-8-11-4-7-28-16(11)9-13(14)20)24-17(15)26(19(25)27)12-2-5-21-6-3-12/h8-10,12,21H,2-7H2,1H3,(H,22,23,24). The van der Waals surface area contributed by atoms with Crippen molar-refractivity contribution >= 4 is 34.4 Å². The van der Waals surface area contributed by atoms with Crippen LogP contribution in [-0.4, -0.2) is 38.8 Å². The van der Waals surface area contributed by atoms with Gasteiger partial charge in [0.2, 0.25) is 5.95 Å². The molecule has 1 aromatic carbocycles. The highest BCUT2D eigenvalue weighted by Gasteiger charge is 2.23. The number of hydrogen-bond donors (Lipinski definition) is 2. The normalized spacial score (nSPS) is 16.9. The van der Waals surface area contributed by atoms with E-state index < -0.39 is 0 Å². The van der Waals surface area contributed by atoms with Gasteiger partial charge >= 0.3 is 5.69 Å². The second-order valence-corrected chi connectivity index (χ2v) is 7.67. The molecular weight excluding hydrogens is 380 g/mol. The molecule has 0 saturated carbocycles. The zero-order valence-electron chi connectivity index (χ0n) is 15.5. The Labute approximate surface area is 166 Å². The number of nitrogens with one attached hydrogen (secondary N) is 2. The Hall–Kier alpha value is -2.58. The summed E-state index contributed by atoms with van der Waals surface area (Å²) in [5, 5.41) is 7.09. The van der Waals surface area contributed by atoms with Crippen LogP contribution in [0, 0.1) is 0 Å². The van der Waals surface area contributed by atoms with Crippen LogP contribution in [0.4, 0.5) is 11.6 Å². The topological polar surface area (TPSA) is 86.0 Å². The zero-order valence-corrected chi connectivity index (χ0v) is 16.3. The SMILES string of the molecule is Cn1c(=O)n(C2CCNCC2)c2nc(Nc3cc4c(cc3Cl)OCC4)ncc21. The highest BCUT2D eigenvalue weighted by atomic mass is 35.5. The number of halogens is 1. The third-order valence-electron chi connectivity index (χ3n) is 5.53. The fraction of sp³-hybridized carbons (Fsp3) is 0.421. The second kappa shape index (κ2) is 6.79. The van der Waals surface area contributed by atoms with Gasteiger partial charge in [0, 0.05) is 25.6 Å². The summed E-state index contributed by atoms with van der Waals surface area (Å²) in [5.74, 6) is 1.25. The van der Waals surface area contributed by atoms with Crippen molar-refractivity contribution in [2.24, 2.45) is 7.05 Å². The second-order valence-electron chi connectivity index (χ2n) is 7.26. The molecule has 0 unspecified atom stereocenters. The molecule has 0 atom stereocenters. The summed E-state index contributed by atoms with van der Waals surface area (Å²) < 4.78 is 8.97. The first-order chi connectivity index (χ1) is 13.6. The van der Waals surface area contributed by atoms with Gasteiger partial charge in [-0.05, 0) is 37.6 Å². The Balaban J connectivity index is 1.55. The molecule has 1 fully saturated rings. The Morgan fingerprint density at radius 3 is 2.96 bits per heavy atom. The number of rotatable bonds is 3. The van der Waals surface area contributed by atoms with Crippen molar-refractivity contribution in [2.45, 2.75) is 25.3 Å². The van der Waals surface area contributed by atoms with Crippen LogP contribution in [0.25, 0.3) is 11.2 Å². The molecule has 1 saturated heterocycles. The van der Waals surface area contributed by atoms with Gasteiger partial charge < -0.3 is 15.4 Å². The molecule has 2 aromatic heterocycles. The van der Waals surface area contributed by atoms with Crippen LogP contribution in [0.15, 0.2) is 23.1 Å². The molecule has 9 heteroatoms. The van der Waals surface area contributed by atoms with Crippen molar-refractivity contribution in [1.82, 2.24) is 24.4 Å². The first-order valence-electron chi connectivity index (χ1n) is 9.49. The minimum atomic E-state index is -0.0546. The van der Waals surface area contributed by atoms with E-state index in [0.717, 1.165) is 54.9 Å². The number of piperidine rings is 1. The Bertz CT molecular complexity index is 1120. The monoisotopic (exact) mass is 400 g/mol. The van der Waals surface area contributed by atoms with E-state index in [9.17, 15) is 4.79 Å². The molecule has 146 valence electrons. The first-order valence-corrected chi connectivity index (χ1v) is 9.86. The number of anilines is 2.